The standard InChI is InChI=1S/C20H20FN3OS/c1-13-17(19(25)23(2)3)18(14-9-11-15(21)12-10-14)22-20(26)24(13)16-7-5-4-6-8-16/h4-12,18H,1-3H3,(H,22,26). The average molecular weight is 369 g/mol. The molecule has 26 heavy (non-hydrogen) atoms. The predicted molar refractivity (Wildman–Crippen MR) is 105 cm³/mol. The minimum Gasteiger partial charge on any atom is -0.351 e. The summed E-state index contributed by atoms with van der Waals surface area (Å²) < 4.78 is 13.3. The number of hydrogen-bond acceptors (Lipinski definition) is 2. The summed E-state index contributed by atoms with van der Waals surface area (Å²) in [5, 5.41) is 3.74. The lowest BCUT2D eigenvalue weighted by Gasteiger charge is -2.38. The van der Waals surface area contributed by atoms with Crippen LogP contribution >= 0.6 is 12.2 Å². The van der Waals surface area contributed by atoms with E-state index in [1.165, 1.54) is 17.0 Å². The van der Waals surface area contributed by atoms with Gasteiger partial charge in [0.15, 0.2) is 5.11 Å². The number of thiocarbonyl (C=S) groups is 1. The summed E-state index contributed by atoms with van der Waals surface area (Å²) >= 11 is 5.58. The van der Waals surface area contributed by atoms with Gasteiger partial charge >= 0.3 is 0 Å². The van der Waals surface area contributed by atoms with E-state index in [0.717, 1.165) is 16.9 Å². The molecule has 0 aromatic heterocycles. The van der Waals surface area contributed by atoms with Gasteiger partial charge in [-0.05, 0) is 49.0 Å². The summed E-state index contributed by atoms with van der Waals surface area (Å²) in [6.07, 6.45) is 0. The highest BCUT2D eigenvalue weighted by Crippen LogP contribution is 2.34. The molecule has 4 nitrogen and oxygen atoms in total. The van der Waals surface area contributed by atoms with Crippen LogP contribution in [-0.2, 0) is 4.79 Å². The van der Waals surface area contributed by atoms with E-state index >= 15 is 0 Å². The molecule has 1 heterocycles. The number of carbonyl (C=O) groups is 1. The van der Waals surface area contributed by atoms with Crippen molar-refractivity contribution in [1.29, 1.82) is 0 Å². The quantitative estimate of drug-likeness (QED) is 0.839. The third-order valence-electron chi connectivity index (χ3n) is 4.34. The van der Waals surface area contributed by atoms with Gasteiger partial charge in [-0.1, -0.05) is 30.3 Å². The lowest BCUT2D eigenvalue weighted by Crippen LogP contribution is -2.49. The highest BCUT2D eigenvalue weighted by atomic mass is 32.1. The van der Waals surface area contributed by atoms with E-state index in [0.29, 0.717) is 10.7 Å². The van der Waals surface area contributed by atoms with E-state index in [-0.39, 0.29) is 11.7 Å². The van der Waals surface area contributed by atoms with Crippen molar-refractivity contribution in [3.63, 3.8) is 0 Å². The van der Waals surface area contributed by atoms with Gasteiger partial charge in [-0.25, -0.2) is 4.39 Å². The molecule has 134 valence electrons. The van der Waals surface area contributed by atoms with Gasteiger partial charge in [-0.15, -0.1) is 0 Å². The van der Waals surface area contributed by atoms with Crippen LogP contribution < -0.4 is 10.2 Å². The number of nitrogens with zero attached hydrogens (tertiary/aromatic N) is 2. The number of nitrogens with one attached hydrogen (secondary N) is 1. The summed E-state index contributed by atoms with van der Waals surface area (Å²) in [5.41, 5.74) is 3.00. The number of likely N-dealkylation sites (N-methyl/N-ethyl adjacent to an activating group) is 1. The molecule has 0 radical (unpaired) electrons. The normalized spacial score (nSPS) is 17.2. The summed E-state index contributed by atoms with van der Waals surface area (Å²) in [6, 6.07) is 15.3. The first-order chi connectivity index (χ1) is 12.4. The molecule has 1 aliphatic rings. The zero-order valence-electron chi connectivity index (χ0n) is 14.9. The molecule has 1 N–H and O–H groups in total. The summed E-state index contributed by atoms with van der Waals surface area (Å²) in [5.74, 6) is -0.438. The van der Waals surface area contributed by atoms with Gasteiger partial charge in [0.2, 0.25) is 0 Å². The van der Waals surface area contributed by atoms with E-state index in [9.17, 15) is 9.18 Å². The number of hydrogen-bond donors (Lipinski definition) is 1. The Labute approximate surface area is 157 Å². The van der Waals surface area contributed by atoms with Crippen molar-refractivity contribution in [1.82, 2.24) is 10.2 Å². The van der Waals surface area contributed by atoms with Crippen LogP contribution in [0.3, 0.4) is 0 Å². The number of rotatable bonds is 3. The molecule has 1 amide bonds. The van der Waals surface area contributed by atoms with Crippen LogP contribution in [-0.4, -0.2) is 30.0 Å². The molecule has 0 saturated carbocycles. The Morgan fingerprint density at radius 2 is 1.73 bits per heavy atom. The van der Waals surface area contributed by atoms with Crippen molar-refractivity contribution in [2.75, 3.05) is 19.0 Å². The molecule has 1 atom stereocenters. The predicted octanol–water partition coefficient (Wildman–Crippen LogP) is 3.62. The first kappa shape index (κ1) is 18.1. The SMILES string of the molecule is CC1=C(C(=O)N(C)C)C(c2ccc(F)cc2)NC(=S)N1c1ccccc1. The van der Waals surface area contributed by atoms with E-state index in [1.807, 2.05) is 42.2 Å². The van der Waals surface area contributed by atoms with Crippen molar-refractivity contribution < 1.29 is 9.18 Å². The average Bonchev–Trinajstić information content (AvgIpc) is 2.62. The fourth-order valence-electron chi connectivity index (χ4n) is 3.05. The number of benzene rings is 2. The first-order valence-corrected chi connectivity index (χ1v) is 8.64. The van der Waals surface area contributed by atoms with Gasteiger partial charge in [0.25, 0.3) is 5.91 Å². The second kappa shape index (κ2) is 7.25. The fraction of sp³-hybridized carbons (Fsp3) is 0.200. The third kappa shape index (κ3) is 3.32. The van der Waals surface area contributed by atoms with Crippen LogP contribution in [0.2, 0.25) is 0 Å². The molecule has 6 heteroatoms. The first-order valence-electron chi connectivity index (χ1n) is 8.23. The Balaban J connectivity index is 2.15. The highest BCUT2D eigenvalue weighted by molar-refractivity contribution is 7.80. The molecule has 2 aromatic rings. The summed E-state index contributed by atoms with van der Waals surface area (Å²) in [6.45, 7) is 1.88. The van der Waals surface area contributed by atoms with Crippen LogP contribution in [0.25, 0.3) is 0 Å². The van der Waals surface area contributed by atoms with Crippen molar-refractivity contribution >= 4 is 28.9 Å². The van der Waals surface area contributed by atoms with E-state index in [4.69, 9.17) is 12.2 Å². The second-order valence-corrected chi connectivity index (χ2v) is 6.69. The van der Waals surface area contributed by atoms with Gasteiger partial charge in [0.05, 0.1) is 11.6 Å². The number of amides is 1. The van der Waals surface area contributed by atoms with Crippen molar-refractivity contribution in [2.24, 2.45) is 0 Å². The van der Waals surface area contributed by atoms with E-state index in [1.54, 1.807) is 26.2 Å². The minimum atomic E-state index is -0.432. The third-order valence-corrected chi connectivity index (χ3v) is 4.64. The topological polar surface area (TPSA) is 35.6 Å². The Hall–Kier alpha value is -2.73. The van der Waals surface area contributed by atoms with Gasteiger partial charge < -0.3 is 10.2 Å². The fourth-order valence-corrected chi connectivity index (χ4v) is 3.41. The van der Waals surface area contributed by atoms with Crippen LogP contribution in [0.15, 0.2) is 65.9 Å². The van der Waals surface area contributed by atoms with E-state index in [2.05, 4.69) is 5.32 Å². The van der Waals surface area contributed by atoms with Crippen LogP contribution in [0, 0.1) is 5.82 Å². The minimum absolute atomic E-state index is 0.118. The van der Waals surface area contributed by atoms with Crippen LogP contribution in [0.5, 0.6) is 0 Å². The number of anilines is 1. The zero-order valence-corrected chi connectivity index (χ0v) is 15.7. The van der Waals surface area contributed by atoms with Gasteiger partial charge in [-0.2, -0.15) is 0 Å². The lowest BCUT2D eigenvalue weighted by atomic mass is 9.93. The molecule has 0 spiro atoms. The Bertz CT molecular complexity index is 862. The molecular formula is C20H20FN3OS. The zero-order chi connectivity index (χ0) is 18.8. The Morgan fingerprint density at radius 3 is 2.31 bits per heavy atom. The van der Waals surface area contributed by atoms with Gasteiger partial charge in [0.1, 0.15) is 5.82 Å². The van der Waals surface area contributed by atoms with Gasteiger partial charge in [-0.3, -0.25) is 9.69 Å². The van der Waals surface area contributed by atoms with Crippen molar-refractivity contribution in [3.05, 3.63) is 77.2 Å². The monoisotopic (exact) mass is 369 g/mol. The molecule has 1 unspecified atom stereocenters. The molecule has 3 rings (SSSR count). The largest absolute Gasteiger partial charge is 0.351 e. The maximum absolute atomic E-state index is 13.3. The van der Waals surface area contributed by atoms with Crippen LogP contribution in [0.1, 0.15) is 18.5 Å². The molecule has 0 aliphatic carbocycles. The Kier molecular flexibility index (Phi) is 5.04. The van der Waals surface area contributed by atoms with E-state index < -0.39 is 6.04 Å². The number of para-hydroxylation sites is 1. The number of allylic oxidation sites excluding steroid dienone is 1. The molecule has 2 aromatic carbocycles. The number of halogens is 1. The van der Waals surface area contributed by atoms with Crippen LogP contribution in [0.4, 0.5) is 10.1 Å². The molecular weight excluding hydrogens is 349 g/mol. The maximum atomic E-state index is 13.3. The highest BCUT2D eigenvalue weighted by Gasteiger charge is 2.35. The molecule has 0 fully saturated rings. The maximum Gasteiger partial charge on any atom is 0.253 e. The second-order valence-electron chi connectivity index (χ2n) is 6.30. The molecule has 0 saturated heterocycles. The summed E-state index contributed by atoms with van der Waals surface area (Å²) in [7, 11) is 3.42. The van der Waals surface area contributed by atoms with Crippen molar-refractivity contribution in [3.8, 4) is 0 Å². The molecule has 0 bridgehead atoms. The molecule has 1 aliphatic heterocycles. The van der Waals surface area contributed by atoms with Crippen molar-refractivity contribution in [2.45, 2.75) is 13.0 Å². The lowest BCUT2D eigenvalue weighted by molar-refractivity contribution is -0.125. The van der Waals surface area contributed by atoms with Gasteiger partial charge in [0, 0.05) is 25.5 Å². The smallest absolute Gasteiger partial charge is 0.253 e. The Morgan fingerprint density at radius 1 is 1.12 bits per heavy atom. The number of carbonyl (C=O) groups excluding carboxylic acids is 1. The summed E-state index contributed by atoms with van der Waals surface area (Å²) in [4.78, 5) is 16.3.